The number of hydrogen-bond donors (Lipinski definition) is 5. The predicted molar refractivity (Wildman–Crippen MR) is 290 cm³/mol. The smallest absolute Gasteiger partial charge is 0.746 e. The predicted octanol–water partition coefficient (Wildman–Crippen LogP) is 1.68. The molecule has 0 radical (unpaired) electrons. The van der Waals surface area contributed by atoms with Gasteiger partial charge in [-0.1, -0.05) is 117 Å². The second-order valence-electron chi connectivity index (χ2n) is 20.0. The van der Waals surface area contributed by atoms with Gasteiger partial charge in [-0.15, -0.1) is 11.6 Å². The van der Waals surface area contributed by atoms with Crippen LogP contribution >= 0.6 is 11.6 Å². The van der Waals surface area contributed by atoms with E-state index in [0.717, 1.165) is 44.5 Å². The standard InChI is InChI=1S/C11H14N2O2.C10H17NO2.C8H13NO2.C5H9ClO.C5H9FO.C5H9NO2.C5H10O2.C4H10O4S.Na/c1-8(2)10(14)11(15)13-7-9-5-3-4-6-12-9;1-8(2)9(12)10(13)11-6-4-3-5-7-11;1-5(2)7(10)8(11)9-6-3-4-6;2*1-4(2)5(7)3-6;1-3(2)4(7)5(6)8;1-4(2)5(7)3-6;1-3(2)4(5)9(6,7)8;/h3-6,8H,7H2,1-2H3,(H,13,15);8H,3-7H2,1-2H3;5-6H,3-4H2,1-2H3,(H,9,11);2*4H,3H2,1-2H3;3H,1-2H3,(H2,6,8);4,6H,3H2,1-2H3;3-5H,1-2H3,(H,6,7,8);/q;;;;;;;;+1/p-1. The number of rotatable bonds is 19. The Morgan fingerprint density at radius 1 is 0.679 bits per heavy atom. The number of carbonyl (C=O) groups is 11. The van der Waals surface area contributed by atoms with Gasteiger partial charge in [0.1, 0.15) is 34.6 Å². The van der Waals surface area contributed by atoms with Crippen LogP contribution in [0.4, 0.5) is 4.39 Å². The Balaban J connectivity index is -0.000000193. The average molecular weight is 1160 g/mol. The van der Waals surface area contributed by atoms with Crippen molar-refractivity contribution in [2.75, 3.05) is 32.3 Å². The van der Waals surface area contributed by atoms with Crippen molar-refractivity contribution in [3.63, 3.8) is 0 Å². The topological polar surface area (TPSA) is 352 Å². The summed E-state index contributed by atoms with van der Waals surface area (Å²) in [5, 5.41) is 21.9. The summed E-state index contributed by atoms with van der Waals surface area (Å²) in [6.45, 7) is 27.8. The summed E-state index contributed by atoms with van der Waals surface area (Å²) < 4.78 is 41.2. The number of aromatic nitrogens is 1. The van der Waals surface area contributed by atoms with E-state index in [9.17, 15) is 70.1 Å². The Morgan fingerprint density at radius 3 is 1.33 bits per heavy atom. The number of halogens is 2. The minimum Gasteiger partial charge on any atom is -0.746 e. The van der Waals surface area contributed by atoms with Crippen LogP contribution in [0.1, 0.15) is 149 Å². The molecule has 1 aliphatic carbocycles. The van der Waals surface area contributed by atoms with E-state index in [0.29, 0.717) is 0 Å². The molecule has 6 N–H and O–H groups in total. The second-order valence-corrected chi connectivity index (χ2v) is 21.7. The Morgan fingerprint density at radius 2 is 1.10 bits per heavy atom. The molecular formula is C53H90ClFN5NaO16S. The number of nitrogens with two attached hydrogens (primary N) is 1. The van der Waals surface area contributed by atoms with E-state index in [1.54, 1.807) is 106 Å². The Labute approximate surface area is 489 Å². The first-order chi connectivity index (χ1) is 35.3. The van der Waals surface area contributed by atoms with Gasteiger partial charge in [0.05, 0.1) is 18.1 Å². The second kappa shape index (κ2) is 47.6. The molecule has 2 heterocycles. The molecular weight excluding hydrogens is 1070 g/mol. The van der Waals surface area contributed by atoms with Crippen molar-refractivity contribution in [3.05, 3.63) is 30.1 Å². The van der Waals surface area contributed by atoms with Crippen molar-refractivity contribution in [2.45, 2.75) is 161 Å². The number of hydrogen-bond acceptors (Lipinski definition) is 17. The molecule has 444 valence electrons. The van der Waals surface area contributed by atoms with Gasteiger partial charge >= 0.3 is 29.6 Å². The van der Waals surface area contributed by atoms with E-state index >= 15 is 0 Å². The molecule has 25 heteroatoms. The molecule has 1 atom stereocenters. The quantitative estimate of drug-likeness (QED) is 0.0569. The Hall–Kier alpha value is -4.23. The maximum Gasteiger partial charge on any atom is 1.00 e. The maximum absolute atomic E-state index is 11.5. The summed E-state index contributed by atoms with van der Waals surface area (Å²) >= 11 is 5.20. The summed E-state index contributed by atoms with van der Waals surface area (Å²) in [5.74, 6) is -5.22. The number of pyridine rings is 1. The molecule has 1 saturated heterocycles. The van der Waals surface area contributed by atoms with E-state index in [4.69, 9.17) is 21.8 Å². The van der Waals surface area contributed by atoms with Crippen molar-refractivity contribution in [3.8, 4) is 0 Å². The number of carbonyl (C=O) groups excluding carboxylic acids is 11. The van der Waals surface area contributed by atoms with Gasteiger partial charge in [-0.25, -0.2) is 12.8 Å². The third-order valence-electron chi connectivity index (χ3n) is 9.93. The Bertz CT molecular complexity index is 2030. The van der Waals surface area contributed by atoms with Crippen molar-refractivity contribution < 1.29 is 110 Å². The van der Waals surface area contributed by atoms with Gasteiger partial charge in [-0.05, 0) is 50.2 Å². The van der Waals surface area contributed by atoms with Gasteiger partial charge in [-0.2, -0.15) is 0 Å². The van der Waals surface area contributed by atoms with Crippen LogP contribution in [0.5, 0.6) is 0 Å². The molecule has 1 saturated carbocycles. The van der Waals surface area contributed by atoms with Crippen LogP contribution in [0.15, 0.2) is 24.4 Å². The molecule has 0 spiro atoms. The third-order valence-corrected chi connectivity index (χ3v) is 11.3. The molecule has 2 aliphatic rings. The monoisotopic (exact) mass is 1160 g/mol. The fraction of sp³-hybridized carbons (Fsp3) is 0.698. The number of ketones is 7. The minimum absolute atomic E-state index is 0. The number of Topliss-reactive ketones (excluding diaryl/α,β-unsaturated/α-hetero) is 7. The first kappa shape index (κ1) is 85.1. The van der Waals surface area contributed by atoms with Crippen molar-refractivity contribution in [1.82, 2.24) is 20.5 Å². The average Bonchev–Trinajstić information content (AvgIpc) is 4.20. The summed E-state index contributed by atoms with van der Waals surface area (Å²) in [6, 6.07) is 5.70. The van der Waals surface area contributed by atoms with Crippen LogP contribution in [-0.2, 0) is 69.4 Å². The number of aliphatic hydroxyl groups excluding tert-OH is 2. The summed E-state index contributed by atoms with van der Waals surface area (Å²) in [7, 11) is -4.50. The van der Waals surface area contributed by atoms with Gasteiger partial charge in [0.15, 0.2) is 11.6 Å². The first-order valence-electron chi connectivity index (χ1n) is 25.5. The van der Waals surface area contributed by atoms with Gasteiger partial charge in [0.25, 0.3) is 23.6 Å². The fourth-order valence-electron chi connectivity index (χ4n) is 4.38. The number of primary amides is 1. The molecule has 4 amide bonds. The van der Waals surface area contributed by atoms with Crippen molar-refractivity contribution >= 4 is 85.8 Å². The number of likely N-dealkylation sites (tertiary alicyclic amines) is 1. The molecule has 1 aromatic heterocycles. The van der Waals surface area contributed by atoms with E-state index in [2.05, 4.69) is 21.4 Å². The molecule has 3 rings (SSSR count). The van der Waals surface area contributed by atoms with E-state index < -0.39 is 57.4 Å². The minimum atomic E-state index is -4.50. The zero-order valence-corrected chi connectivity index (χ0v) is 52.7. The number of alkyl halides is 2. The third kappa shape index (κ3) is 46.7. The summed E-state index contributed by atoms with van der Waals surface area (Å²) in [4.78, 5) is 124. The van der Waals surface area contributed by atoms with Crippen LogP contribution in [0.3, 0.4) is 0 Å². The molecule has 0 aromatic carbocycles. The zero-order valence-electron chi connectivity index (χ0n) is 49.1. The number of amides is 4. The van der Waals surface area contributed by atoms with Gasteiger partial charge in [-0.3, -0.25) is 57.7 Å². The van der Waals surface area contributed by atoms with E-state index in [-0.39, 0.29) is 131 Å². The SMILES string of the molecule is CC(C)C(=O)C(=O)N1CCCCC1.CC(C)C(=O)C(=O)NC1CC1.CC(C)C(=O)C(=O)NCc1ccccn1.CC(C)C(=O)C(N)=O.CC(C)C(=O)CCl.CC(C)C(=O)CF.CC(C)C(=O)CO.CC(C)C(O)S(=O)(=O)[O-].[Na+]. The first-order valence-corrected chi connectivity index (χ1v) is 27.5. The van der Waals surface area contributed by atoms with Crippen LogP contribution in [0.2, 0.25) is 0 Å². The zero-order chi connectivity index (χ0) is 61.5. The maximum atomic E-state index is 11.5. The van der Waals surface area contributed by atoms with E-state index in [1.165, 1.54) is 20.3 Å². The van der Waals surface area contributed by atoms with Crippen LogP contribution in [0, 0.1) is 47.3 Å². The molecule has 2 fully saturated rings. The molecule has 1 unspecified atom stereocenters. The molecule has 1 aromatic rings. The van der Waals surface area contributed by atoms with Crippen LogP contribution < -0.4 is 45.9 Å². The fourth-order valence-corrected chi connectivity index (χ4v) is 5.35. The van der Waals surface area contributed by atoms with Gasteiger partial charge in [0, 0.05) is 66.8 Å². The van der Waals surface area contributed by atoms with Gasteiger partial charge < -0.3 is 36.0 Å². The number of piperidine rings is 1. The molecule has 1 aliphatic heterocycles. The molecule has 21 nitrogen and oxygen atoms in total. The summed E-state index contributed by atoms with van der Waals surface area (Å²) in [6.07, 6.45) is 6.95. The van der Waals surface area contributed by atoms with Crippen LogP contribution in [-0.4, -0.2) is 141 Å². The number of aliphatic hydroxyl groups is 2. The molecule has 78 heavy (non-hydrogen) atoms. The van der Waals surface area contributed by atoms with Crippen molar-refractivity contribution in [1.29, 1.82) is 0 Å². The molecule has 0 bridgehead atoms. The van der Waals surface area contributed by atoms with Gasteiger partial charge in [0.2, 0.25) is 23.1 Å². The van der Waals surface area contributed by atoms with Crippen LogP contribution in [0.25, 0.3) is 0 Å². The van der Waals surface area contributed by atoms with E-state index in [1.807, 2.05) is 19.9 Å². The number of nitrogens with zero attached hydrogens (tertiary/aromatic N) is 2. The Kier molecular flexibility index (Phi) is 51.9. The largest absolute Gasteiger partial charge is 1.00 e. The van der Waals surface area contributed by atoms with Crippen molar-refractivity contribution in [2.24, 2.45) is 53.1 Å². The number of nitrogens with one attached hydrogen (secondary N) is 2. The normalized spacial score (nSPS) is 12.7. The summed E-state index contributed by atoms with van der Waals surface area (Å²) in [5.41, 5.74) is 3.62.